The molecule has 0 N–H and O–H groups in total. The topological polar surface area (TPSA) is 19.4 Å². The molecule has 1 saturated heterocycles. The van der Waals surface area contributed by atoms with Crippen molar-refractivity contribution in [1.82, 2.24) is 14.8 Å². The quantitative estimate of drug-likeness (QED) is 0.401. The Hall–Kier alpha value is -3.27. The van der Waals surface area contributed by atoms with Gasteiger partial charge in [0.15, 0.2) is 0 Å². The molecular formula is C29H29N3. The fourth-order valence-corrected chi connectivity index (χ4v) is 5.07. The van der Waals surface area contributed by atoms with E-state index in [-0.39, 0.29) is 5.54 Å². The van der Waals surface area contributed by atoms with Gasteiger partial charge in [0.2, 0.25) is 0 Å². The Kier molecular flexibility index (Phi) is 6.11. The number of aromatic nitrogens is 1. The zero-order valence-electron chi connectivity index (χ0n) is 18.3. The van der Waals surface area contributed by atoms with E-state index < -0.39 is 0 Å². The minimum atomic E-state index is -0.313. The molecule has 0 aliphatic carbocycles. The maximum absolute atomic E-state index is 4.16. The summed E-state index contributed by atoms with van der Waals surface area (Å²) < 4.78 is 0. The van der Waals surface area contributed by atoms with E-state index >= 15 is 0 Å². The molecule has 0 spiro atoms. The lowest BCUT2D eigenvalue weighted by Crippen LogP contribution is -2.56. The monoisotopic (exact) mass is 419 g/mol. The number of rotatable bonds is 6. The van der Waals surface area contributed by atoms with Gasteiger partial charge in [0, 0.05) is 45.1 Å². The third-order valence-electron chi connectivity index (χ3n) is 6.58. The van der Waals surface area contributed by atoms with E-state index in [1.54, 1.807) is 0 Å². The zero-order chi connectivity index (χ0) is 21.6. The fraction of sp³-hybridized carbons (Fsp3) is 0.207. The second-order valence-electron chi connectivity index (χ2n) is 8.43. The molecule has 1 fully saturated rings. The van der Waals surface area contributed by atoms with Crippen molar-refractivity contribution >= 4 is 0 Å². The van der Waals surface area contributed by atoms with Crippen LogP contribution >= 0.6 is 0 Å². The van der Waals surface area contributed by atoms with Gasteiger partial charge in [0.1, 0.15) is 0 Å². The van der Waals surface area contributed by atoms with Gasteiger partial charge in [-0.2, -0.15) is 0 Å². The van der Waals surface area contributed by atoms with E-state index in [1.807, 2.05) is 12.4 Å². The van der Waals surface area contributed by atoms with Gasteiger partial charge >= 0.3 is 0 Å². The van der Waals surface area contributed by atoms with E-state index in [0.717, 1.165) is 32.7 Å². The van der Waals surface area contributed by atoms with Gasteiger partial charge in [0.05, 0.1) is 5.54 Å². The molecule has 3 heteroatoms. The summed E-state index contributed by atoms with van der Waals surface area (Å²) in [5.41, 5.74) is 4.97. The van der Waals surface area contributed by atoms with Crippen molar-refractivity contribution < 1.29 is 0 Å². The number of piperazine rings is 1. The standard InChI is InChI=1S/C29H29N3/c1-4-10-26(11-5-1)29(27-12-6-2-7-13-27,28-14-8-3-9-15-28)32-22-20-31(21-23-32)24-25-16-18-30-19-17-25/h1-19H,20-24H2. The lowest BCUT2D eigenvalue weighted by atomic mass is 9.75. The largest absolute Gasteiger partial charge is 0.297 e. The third-order valence-corrected chi connectivity index (χ3v) is 6.58. The van der Waals surface area contributed by atoms with Gasteiger partial charge in [-0.05, 0) is 34.4 Å². The summed E-state index contributed by atoms with van der Waals surface area (Å²) in [5, 5.41) is 0. The predicted octanol–water partition coefficient (Wildman–Crippen LogP) is 5.19. The molecule has 160 valence electrons. The minimum absolute atomic E-state index is 0.313. The average Bonchev–Trinajstić information content (AvgIpc) is 2.88. The smallest absolute Gasteiger partial charge is 0.0973 e. The SMILES string of the molecule is c1ccc(C(c2ccccc2)(c2ccccc2)N2CCN(Cc3ccncc3)CC2)cc1. The van der Waals surface area contributed by atoms with Gasteiger partial charge in [-0.1, -0.05) is 91.0 Å². The van der Waals surface area contributed by atoms with Gasteiger partial charge in [-0.15, -0.1) is 0 Å². The van der Waals surface area contributed by atoms with E-state index in [0.29, 0.717) is 0 Å². The van der Waals surface area contributed by atoms with E-state index in [1.165, 1.54) is 22.3 Å². The van der Waals surface area contributed by atoms with Crippen molar-refractivity contribution in [2.24, 2.45) is 0 Å². The number of nitrogens with zero attached hydrogens (tertiary/aromatic N) is 3. The highest BCUT2D eigenvalue weighted by molar-refractivity contribution is 5.49. The van der Waals surface area contributed by atoms with Crippen molar-refractivity contribution in [3.05, 3.63) is 138 Å². The van der Waals surface area contributed by atoms with Crippen LogP contribution in [0.3, 0.4) is 0 Å². The Morgan fingerprint density at radius 2 is 1.00 bits per heavy atom. The molecule has 0 atom stereocenters. The van der Waals surface area contributed by atoms with Crippen molar-refractivity contribution in [3.8, 4) is 0 Å². The molecule has 5 rings (SSSR count). The minimum Gasteiger partial charge on any atom is -0.297 e. The van der Waals surface area contributed by atoms with Crippen LogP contribution in [-0.2, 0) is 12.1 Å². The van der Waals surface area contributed by atoms with Gasteiger partial charge < -0.3 is 0 Å². The molecule has 2 heterocycles. The van der Waals surface area contributed by atoms with Crippen LogP contribution < -0.4 is 0 Å². The predicted molar refractivity (Wildman–Crippen MR) is 130 cm³/mol. The Morgan fingerprint density at radius 3 is 1.44 bits per heavy atom. The number of hydrogen-bond donors (Lipinski definition) is 0. The Balaban J connectivity index is 1.54. The zero-order valence-corrected chi connectivity index (χ0v) is 18.3. The lowest BCUT2D eigenvalue weighted by molar-refractivity contribution is 0.0695. The number of hydrogen-bond acceptors (Lipinski definition) is 3. The molecule has 0 radical (unpaired) electrons. The number of pyridine rings is 1. The Labute approximate surface area is 191 Å². The Bertz CT molecular complexity index is 994. The molecule has 0 saturated carbocycles. The first kappa shape index (κ1) is 20.6. The highest BCUT2D eigenvalue weighted by Gasteiger charge is 2.43. The second kappa shape index (κ2) is 9.47. The van der Waals surface area contributed by atoms with Crippen LogP contribution in [0, 0.1) is 0 Å². The van der Waals surface area contributed by atoms with E-state index in [4.69, 9.17) is 0 Å². The average molecular weight is 420 g/mol. The summed E-state index contributed by atoms with van der Waals surface area (Å²) in [6.45, 7) is 5.06. The van der Waals surface area contributed by atoms with E-state index in [9.17, 15) is 0 Å². The molecule has 3 aromatic carbocycles. The molecule has 0 amide bonds. The summed E-state index contributed by atoms with van der Waals surface area (Å²) in [6, 6.07) is 37.2. The molecule has 1 aromatic heterocycles. The highest BCUT2D eigenvalue weighted by Crippen LogP contribution is 2.42. The van der Waals surface area contributed by atoms with Crippen LogP contribution in [-0.4, -0.2) is 41.0 Å². The Morgan fingerprint density at radius 1 is 0.562 bits per heavy atom. The summed E-state index contributed by atoms with van der Waals surface area (Å²) >= 11 is 0. The van der Waals surface area contributed by atoms with Crippen molar-refractivity contribution in [2.45, 2.75) is 12.1 Å². The van der Waals surface area contributed by atoms with Crippen LogP contribution in [0.15, 0.2) is 116 Å². The van der Waals surface area contributed by atoms with Crippen molar-refractivity contribution in [1.29, 1.82) is 0 Å². The van der Waals surface area contributed by atoms with Crippen LogP contribution in [0.5, 0.6) is 0 Å². The molecule has 0 unspecified atom stereocenters. The maximum Gasteiger partial charge on any atom is 0.0973 e. The molecular weight excluding hydrogens is 390 g/mol. The first-order chi connectivity index (χ1) is 15.9. The first-order valence-electron chi connectivity index (χ1n) is 11.4. The van der Waals surface area contributed by atoms with Gasteiger partial charge in [0.25, 0.3) is 0 Å². The third kappa shape index (κ3) is 3.97. The molecule has 32 heavy (non-hydrogen) atoms. The lowest BCUT2D eigenvalue weighted by Gasteiger charge is -2.49. The summed E-state index contributed by atoms with van der Waals surface area (Å²) in [6.07, 6.45) is 3.77. The summed E-state index contributed by atoms with van der Waals surface area (Å²) in [7, 11) is 0. The highest BCUT2D eigenvalue weighted by atomic mass is 15.3. The summed E-state index contributed by atoms with van der Waals surface area (Å²) in [5.74, 6) is 0. The number of benzene rings is 3. The fourth-order valence-electron chi connectivity index (χ4n) is 5.07. The second-order valence-corrected chi connectivity index (χ2v) is 8.43. The van der Waals surface area contributed by atoms with Crippen LogP contribution in [0.25, 0.3) is 0 Å². The van der Waals surface area contributed by atoms with Crippen LogP contribution in [0.1, 0.15) is 22.3 Å². The molecule has 4 aromatic rings. The van der Waals surface area contributed by atoms with Crippen molar-refractivity contribution in [2.75, 3.05) is 26.2 Å². The van der Waals surface area contributed by atoms with Crippen LogP contribution in [0.4, 0.5) is 0 Å². The van der Waals surface area contributed by atoms with Gasteiger partial charge in [-0.3, -0.25) is 14.8 Å². The maximum atomic E-state index is 4.16. The molecule has 1 aliphatic rings. The molecule has 3 nitrogen and oxygen atoms in total. The summed E-state index contributed by atoms with van der Waals surface area (Å²) in [4.78, 5) is 9.39. The molecule has 0 bridgehead atoms. The normalized spacial score (nSPS) is 15.5. The van der Waals surface area contributed by atoms with E-state index in [2.05, 4.69) is 118 Å². The van der Waals surface area contributed by atoms with Gasteiger partial charge in [-0.25, -0.2) is 0 Å². The first-order valence-corrected chi connectivity index (χ1v) is 11.4. The van der Waals surface area contributed by atoms with Crippen molar-refractivity contribution in [3.63, 3.8) is 0 Å². The van der Waals surface area contributed by atoms with Crippen LogP contribution in [0.2, 0.25) is 0 Å². The molecule has 1 aliphatic heterocycles.